The van der Waals surface area contributed by atoms with E-state index in [1.54, 1.807) is 21.8 Å². The topological polar surface area (TPSA) is 115 Å². The fourth-order valence-electron chi connectivity index (χ4n) is 6.36. The van der Waals surface area contributed by atoms with Crippen molar-refractivity contribution in [2.75, 3.05) is 12.3 Å². The van der Waals surface area contributed by atoms with Crippen molar-refractivity contribution >= 4 is 28.9 Å². The number of H-pyrrole nitrogens is 1. The van der Waals surface area contributed by atoms with Gasteiger partial charge in [0.2, 0.25) is 11.9 Å². The Kier molecular flexibility index (Phi) is 6.78. The molecule has 2 saturated heterocycles. The number of hydrogen-bond acceptors (Lipinski definition) is 6. The van der Waals surface area contributed by atoms with Crippen molar-refractivity contribution in [3.05, 3.63) is 77.1 Å². The van der Waals surface area contributed by atoms with E-state index in [0.29, 0.717) is 54.1 Å². The van der Waals surface area contributed by atoms with Crippen molar-refractivity contribution in [3.63, 3.8) is 0 Å². The van der Waals surface area contributed by atoms with E-state index in [4.69, 9.17) is 22.1 Å². The van der Waals surface area contributed by atoms with E-state index >= 15 is 4.39 Å². The fraction of sp³-hybridized carbons (Fsp3) is 0.333. The highest BCUT2D eigenvalue weighted by Crippen LogP contribution is 2.45. The second kappa shape index (κ2) is 10.6. The molecule has 0 aliphatic carbocycles. The predicted octanol–water partition coefficient (Wildman–Crippen LogP) is 6.07. The minimum Gasteiger partial charge on any atom is -0.384 e. The van der Waals surface area contributed by atoms with Crippen LogP contribution in [0.15, 0.2) is 48.9 Å². The molecule has 12 heteroatoms. The molecule has 3 aliphatic rings. The van der Waals surface area contributed by atoms with Gasteiger partial charge in [-0.15, -0.1) is 0 Å². The number of nitrogens with zero attached hydrogens (tertiary/aromatic N) is 5. The zero-order chi connectivity index (χ0) is 29.0. The number of nitrogens with two attached hydrogens (primary N) is 1. The summed E-state index contributed by atoms with van der Waals surface area (Å²) >= 11 is 6.25. The Hall–Kier alpha value is -4.09. The number of pyridine rings is 1. The molecule has 7 rings (SSSR count). The van der Waals surface area contributed by atoms with E-state index in [-0.39, 0.29) is 40.6 Å². The number of carbonyl (C=O) groups excluding carboxylic acids is 1. The molecule has 1 amide bonds. The van der Waals surface area contributed by atoms with Crippen molar-refractivity contribution in [2.24, 2.45) is 0 Å². The highest BCUT2D eigenvalue weighted by Gasteiger charge is 2.42. The Balaban J connectivity index is 1.19. The average Bonchev–Trinajstić information content (AvgIpc) is 3.75. The van der Waals surface area contributed by atoms with Crippen LogP contribution in [0.1, 0.15) is 62.2 Å². The molecule has 0 radical (unpaired) electrons. The number of aromatic amines is 1. The van der Waals surface area contributed by atoms with Crippen LogP contribution in [-0.4, -0.2) is 48.2 Å². The van der Waals surface area contributed by atoms with Crippen LogP contribution in [-0.2, 0) is 9.53 Å². The number of aromatic nitrogens is 5. The molecule has 0 bridgehead atoms. The van der Waals surface area contributed by atoms with Crippen molar-refractivity contribution in [2.45, 2.75) is 56.8 Å². The van der Waals surface area contributed by atoms with E-state index in [1.807, 2.05) is 6.20 Å². The number of halogens is 3. The number of nitrogen functional groups attached to an aromatic ring is 1. The van der Waals surface area contributed by atoms with Gasteiger partial charge in [0.05, 0.1) is 34.7 Å². The average molecular weight is 592 g/mol. The zero-order valence-corrected chi connectivity index (χ0v) is 23.3. The van der Waals surface area contributed by atoms with Gasteiger partial charge in [-0.25, -0.2) is 19.0 Å². The van der Waals surface area contributed by atoms with Crippen LogP contribution in [0, 0.1) is 11.8 Å². The largest absolute Gasteiger partial charge is 0.384 e. The lowest BCUT2D eigenvalue weighted by Crippen LogP contribution is -2.39. The van der Waals surface area contributed by atoms with E-state index in [9.17, 15) is 9.18 Å². The molecular formula is C30H28ClF2N7O2. The minimum atomic E-state index is -0.702. The van der Waals surface area contributed by atoms with Crippen molar-refractivity contribution in [1.29, 1.82) is 0 Å². The van der Waals surface area contributed by atoms with Gasteiger partial charge in [0.15, 0.2) is 0 Å². The lowest BCUT2D eigenvalue weighted by atomic mass is 9.89. The number of benzene rings is 1. The molecule has 42 heavy (non-hydrogen) atoms. The molecule has 6 heterocycles. The predicted molar refractivity (Wildman–Crippen MR) is 153 cm³/mol. The number of carbonyl (C=O) groups is 1. The third-order valence-electron chi connectivity index (χ3n) is 8.36. The number of amides is 1. The first kappa shape index (κ1) is 26.8. The van der Waals surface area contributed by atoms with Crippen molar-refractivity contribution in [3.8, 4) is 22.4 Å². The SMILES string of the molecule is Nc1ccc(-c2cnc([C@@H]3CCC4CC(c5c(-c6cnn(C7CCCCO7)c6)ccc(Cl)c5F)=CC(=O)N43)[nH]2)c(F)n1. The summed E-state index contributed by atoms with van der Waals surface area (Å²) in [5.74, 6) is -0.859. The highest BCUT2D eigenvalue weighted by atomic mass is 35.5. The third kappa shape index (κ3) is 4.66. The smallest absolute Gasteiger partial charge is 0.247 e. The molecule has 216 valence electrons. The van der Waals surface area contributed by atoms with Crippen LogP contribution in [0.2, 0.25) is 5.02 Å². The molecule has 3 aliphatic heterocycles. The van der Waals surface area contributed by atoms with Gasteiger partial charge in [0.25, 0.3) is 0 Å². The maximum Gasteiger partial charge on any atom is 0.247 e. The van der Waals surface area contributed by atoms with Crippen LogP contribution < -0.4 is 5.73 Å². The van der Waals surface area contributed by atoms with Crippen molar-refractivity contribution in [1.82, 2.24) is 29.6 Å². The number of anilines is 1. The van der Waals surface area contributed by atoms with Crippen LogP contribution in [0.25, 0.3) is 28.0 Å². The Morgan fingerprint density at radius 2 is 1.93 bits per heavy atom. The van der Waals surface area contributed by atoms with Gasteiger partial charge in [-0.3, -0.25) is 4.79 Å². The molecule has 0 saturated carbocycles. The quantitative estimate of drug-likeness (QED) is 0.272. The molecule has 0 spiro atoms. The Labute approximate surface area is 245 Å². The summed E-state index contributed by atoms with van der Waals surface area (Å²) < 4.78 is 37.8. The van der Waals surface area contributed by atoms with Crippen LogP contribution in [0.4, 0.5) is 14.6 Å². The van der Waals surface area contributed by atoms with Gasteiger partial charge >= 0.3 is 0 Å². The number of rotatable bonds is 5. The molecule has 9 nitrogen and oxygen atoms in total. The van der Waals surface area contributed by atoms with Crippen LogP contribution in [0.5, 0.6) is 0 Å². The van der Waals surface area contributed by atoms with Gasteiger partial charge in [0.1, 0.15) is 23.7 Å². The third-order valence-corrected chi connectivity index (χ3v) is 8.65. The molecule has 4 aromatic rings. The van der Waals surface area contributed by atoms with Crippen molar-refractivity contribution < 1.29 is 18.3 Å². The van der Waals surface area contributed by atoms with Crippen LogP contribution >= 0.6 is 11.6 Å². The lowest BCUT2D eigenvalue weighted by molar-refractivity contribution is -0.129. The normalized spacial score (nSPS) is 22.4. The minimum absolute atomic E-state index is 0.00987. The number of hydrogen-bond donors (Lipinski definition) is 2. The number of ether oxygens (including phenoxy) is 1. The lowest BCUT2D eigenvalue weighted by Gasteiger charge is -2.33. The van der Waals surface area contributed by atoms with Gasteiger partial charge in [0, 0.05) is 36.0 Å². The summed E-state index contributed by atoms with van der Waals surface area (Å²) in [4.78, 5) is 26.7. The Morgan fingerprint density at radius 3 is 2.74 bits per heavy atom. The fourth-order valence-corrected chi connectivity index (χ4v) is 6.52. The van der Waals surface area contributed by atoms with Gasteiger partial charge in [-0.1, -0.05) is 17.7 Å². The second-order valence-corrected chi connectivity index (χ2v) is 11.3. The second-order valence-electron chi connectivity index (χ2n) is 10.9. The van der Waals surface area contributed by atoms with Gasteiger partial charge in [-0.2, -0.15) is 9.49 Å². The van der Waals surface area contributed by atoms with E-state index in [1.165, 1.54) is 30.5 Å². The molecule has 2 unspecified atom stereocenters. The Bertz CT molecular complexity index is 1710. The van der Waals surface area contributed by atoms with Crippen LogP contribution in [0.3, 0.4) is 0 Å². The highest BCUT2D eigenvalue weighted by molar-refractivity contribution is 6.31. The van der Waals surface area contributed by atoms with Gasteiger partial charge < -0.3 is 20.4 Å². The molecule has 3 aromatic heterocycles. The maximum absolute atomic E-state index is 15.7. The number of fused-ring (bicyclic) bond motifs is 1. The van der Waals surface area contributed by atoms with E-state index in [0.717, 1.165) is 24.8 Å². The summed E-state index contributed by atoms with van der Waals surface area (Å²) in [6, 6.07) is 5.88. The van der Waals surface area contributed by atoms with E-state index < -0.39 is 11.8 Å². The summed E-state index contributed by atoms with van der Waals surface area (Å²) in [5, 5.41) is 4.49. The number of nitrogens with one attached hydrogen (secondary N) is 1. The monoisotopic (exact) mass is 591 g/mol. The van der Waals surface area contributed by atoms with Gasteiger partial charge in [-0.05, 0) is 67.9 Å². The molecule has 3 atom stereocenters. The van der Waals surface area contributed by atoms with E-state index in [2.05, 4.69) is 20.1 Å². The Morgan fingerprint density at radius 1 is 1.07 bits per heavy atom. The first-order chi connectivity index (χ1) is 20.4. The molecular weight excluding hydrogens is 564 g/mol. The summed E-state index contributed by atoms with van der Waals surface area (Å²) in [5.41, 5.74) is 8.52. The summed E-state index contributed by atoms with van der Waals surface area (Å²) in [6.07, 6.45) is 11.2. The summed E-state index contributed by atoms with van der Waals surface area (Å²) in [7, 11) is 0. The summed E-state index contributed by atoms with van der Waals surface area (Å²) in [6.45, 7) is 0.684. The first-order valence-electron chi connectivity index (χ1n) is 14.0. The zero-order valence-electron chi connectivity index (χ0n) is 22.6. The standard InChI is InChI=1S/C30H28ClF2N7O2/c31-21-7-5-19(17-13-36-39(15-17)26-3-1-2-10-42-26)27(28(21)32)16-11-18-4-8-23(40(18)25(41)12-16)30-35-14-22(37-30)20-6-9-24(34)38-29(20)33/h5-7,9,12-15,18,23,26H,1-4,8,10-11H2,(H2,34,38)(H,35,37)/t18?,23-,26?/m0/s1. The molecule has 2 fully saturated rings. The first-order valence-corrected chi connectivity index (χ1v) is 14.4. The maximum atomic E-state index is 15.7. The molecule has 3 N–H and O–H groups in total. The number of imidazole rings is 1. The molecule has 1 aromatic carbocycles.